The number of pyridine rings is 1. The van der Waals surface area contributed by atoms with Crippen molar-refractivity contribution < 1.29 is 4.79 Å². The minimum absolute atomic E-state index is 0.323. The molecule has 1 fully saturated rings. The molecule has 7 nitrogen and oxygen atoms in total. The van der Waals surface area contributed by atoms with Gasteiger partial charge >= 0.3 is 0 Å². The summed E-state index contributed by atoms with van der Waals surface area (Å²) in [6.07, 6.45) is 3.42. The summed E-state index contributed by atoms with van der Waals surface area (Å²) in [5.74, 6) is 1.65. The van der Waals surface area contributed by atoms with Crippen molar-refractivity contribution in [1.29, 1.82) is 0 Å². The van der Waals surface area contributed by atoms with E-state index in [1.54, 1.807) is 12.3 Å². The summed E-state index contributed by atoms with van der Waals surface area (Å²) in [6.45, 7) is 1.71. The Morgan fingerprint density at radius 1 is 1.42 bits per heavy atom. The molecule has 0 amide bonds. The summed E-state index contributed by atoms with van der Waals surface area (Å²) in [4.78, 5) is 19.7. The molecule has 8 heteroatoms. The maximum absolute atomic E-state index is 10.8. The second kappa shape index (κ2) is 5.90. The van der Waals surface area contributed by atoms with Crippen molar-refractivity contribution in [3.8, 4) is 0 Å². The number of carbonyl (C=O) groups excluding carboxylic acids is 1. The van der Waals surface area contributed by atoms with Gasteiger partial charge in [-0.2, -0.15) is 0 Å². The highest BCUT2D eigenvalue weighted by atomic mass is 35.5. The van der Waals surface area contributed by atoms with Gasteiger partial charge in [-0.1, -0.05) is 11.6 Å². The predicted octanol–water partition coefficient (Wildman–Crippen LogP) is 1.85. The zero-order valence-electron chi connectivity index (χ0n) is 13.2. The van der Waals surface area contributed by atoms with Gasteiger partial charge in [0.25, 0.3) is 0 Å². The summed E-state index contributed by atoms with van der Waals surface area (Å²) in [5, 5.41) is 11.8. The van der Waals surface area contributed by atoms with E-state index in [4.69, 9.17) is 11.6 Å². The fourth-order valence-electron chi connectivity index (χ4n) is 3.44. The molecule has 0 spiro atoms. The molecule has 1 saturated heterocycles. The van der Waals surface area contributed by atoms with Crippen LogP contribution in [0, 0.1) is 0 Å². The Bertz CT molecular complexity index is 768. The van der Waals surface area contributed by atoms with Gasteiger partial charge in [0.05, 0.1) is 5.69 Å². The van der Waals surface area contributed by atoms with E-state index in [-0.39, 0.29) is 0 Å². The highest BCUT2D eigenvalue weighted by molar-refractivity contribution is 6.29. The number of halogens is 1. The molecule has 1 N–H and O–H groups in total. The van der Waals surface area contributed by atoms with E-state index >= 15 is 0 Å². The van der Waals surface area contributed by atoms with E-state index in [0.29, 0.717) is 22.8 Å². The molecule has 0 unspecified atom stereocenters. The smallest absolute Gasteiger partial charge is 0.172 e. The van der Waals surface area contributed by atoms with Crippen molar-refractivity contribution in [3.63, 3.8) is 0 Å². The maximum Gasteiger partial charge on any atom is 0.172 e. The molecule has 0 saturated carbocycles. The number of nitrogens with zero attached hydrogens (tertiary/aromatic N) is 5. The highest BCUT2D eigenvalue weighted by Crippen LogP contribution is 2.37. The van der Waals surface area contributed by atoms with Crippen molar-refractivity contribution in [3.05, 3.63) is 35.1 Å². The Labute approximate surface area is 144 Å². The zero-order chi connectivity index (χ0) is 16.7. The molecule has 0 radical (unpaired) electrons. The molecule has 0 aromatic carbocycles. The van der Waals surface area contributed by atoms with Gasteiger partial charge in [0, 0.05) is 50.0 Å². The van der Waals surface area contributed by atoms with Crippen molar-refractivity contribution >= 4 is 35.2 Å². The van der Waals surface area contributed by atoms with Gasteiger partial charge in [0.1, 0.15) is 5.82 Å². The van der Waals surface area contributed by atoms with E-state index in [1.807, 2.05) is 19.2 Å². The molecule has 2 aliphatic heterocycles. The van der Waals surface area contributed by atoms with Gasteiger partial charge in [0.15, 0.2) is 17.3 Å². The largest absolute Gasteiger partial charge is 0.365 e. The molecule has 2 atom stereocenters. The van der Waals surface area contributed by atoms with E-state index in [9.17, 15) is 4.79 Å². The Kier molecular flexibility index (Phi) is 3.72. The molecular weight excluding hydrogens is 328 g/mol. The molecule has 0 aliphatic carbocycles. The van der Waals surface area contributed by atoms with Gasteiger partial charge in [0.2, 0.25) is 0 Å². The lowest BCUT2D eigenvalue weighted by atomic mass is 10.1. The summed E-state index contributed by atoms with van der Waals surface area (Å²) in [7, 11) is 2.04. The topological polar surface area (TPSA) is 74.2 Å². The van der Waals surface area contributed by atoms with Crippen LogP contribution in [0.1, 0.15) is 16.8 Å². The number of aromatic nitrogens is 3. The Morgan fingerprint density at radius 2 is 2.29 bits per heavy atom. The maximum atomic E-state index is 10.8. The van der Waals surface area contributed by atoms with Crippen molar-refractivity contribution in [2.45, 2.75) is 18.5 Å². The summed E-state index contributed by atoms with van der Waals surface area (Å²) in [5.41, 5.74) is 1.59. The molecule has 4 rings (SSSR count). The zero-order valence-corrected chi connectivity index (χ0v) is 13.9. The van der Waals surface area contributed by atoms with Crippen LogP contribution in [0.2, 0.25) is 5.15 Å². The van der Waals surface area contributed by atoms with E-state index in [2.05, 4.69) is 30.3 Å². The summed E-state index contributed by atoms with van der Waals surface area (Å²) >= 11 is 6.01. The number of rotatable bonds is 3. The van der Waals surface area contributed by atoms with E-state index < -0.39 is 0 Å². The first kappa shape index (κ1) is 15.1. The lowest BCUT2D eigenvalue weighted by Crippen LogP contribution is -2.40. The number of hydrogen-bond acceptors (Lipinski definition) is 7. The van der Waals surface area contributed by atoms with Crippen LogP contribution < -0.4 is 15.1 Å². The first-order chi connectivity index (χ1) is 11.7. The van der Waals surface area contributed by atoms with Gasteiger partial charge < -0.3 is 15.1 Å². The number of anilines is 3. The minimum atomic E-state index is 0.323. The third kappa shape index (κ3) is 2.54. The van der Waals surface area contributed by atoms with Crippen LogP contribution in [-0.2, 0) is 0 Å². The van der Waals surface area contributed by atoms with E-state index in [0.717, 1.165) is 43.1 Å². The first-order valence-electron chi connectivity index (χ1n) is 7.83. The molecular formula is C16H17ClN6O. The predicted molar refractivity (Wildman–Crippen MR) is 93.1 cm³/mol. The molecule has 24 heavy (non-hydrogen) atoms. The van der Waals surface area contributed by atoms with Gasteiger partial charge in [-0.05, 0) is 18.6 Å². The highest BCUT2D eigenvalue weighted by Gasteiger charge is 2.38. The monoisotopic (exact) mass is 344 g/mol. The second-order valence-corrected chi connectivity index (χ2v) is 6.54. The van der Waals surface area contributed by atoms with Crippen LogP contribution in [0.3, 0.4) is 0 Å². The van der Waals surface area contributed by atoms with Gasteiger partial charge in [-0.15, -0.1) is 10.2 Å². The summed E-state index contributed by atoms with van der Waals surface area (Å²) < 4.78 is 0. The average Bonchev–Trinajstić information content (AvgIpc) is 3.06. The van der Waals surface area contributed by atoms with Crippen molar-refractivity contribution in [2.24, 2.45) is 0 Å². The number of aldehydes is 1. The van der Waals surface area contributed by atoms with Crippen LogP contribution in [0.5, 0.6) is 0 Å². The third-order valence-electron chi connectivity index (χ3n) is 4.77. The van der Waals surface area contributed by atoms with Crippen LogP contribution >= 0.6 is 11.6 Å². The molecule has 4 heterocycles. The Balaban J connectivity index is 1.56. The number of likely N-dealkylation sites (N-methyl/N-ethyl adjacent to an activating group) is 1. The molecule has 2 aromatic heterocycles. The SMILES string of the molecule is CN(c1ccc(C=O)cn1)[C@@H]1C[C@@H]2CNc3nnc(Cl)cc3N2C1. The fourth-order valence-corrected chi connectivity index (χ4v) is 3.58. The number of hydrogen-bond donors (Lipinski definition) is 1. The number of carbonyl (C=O) groups is 1. The Morgan fingerprint density at radius 3 is 3.04 bits per heavy atom. The number of nitrogens with one attached hydrogen (secondary N) is 1. The van der Waals surface area contributed by atoms with E-state index in [1.165, 1.54) is 0 Å². The molecule has 124 valence electrons. The second-order valence-electron chi connectivity index (χ2n) is 6.16. The van der Waals surface area contributed by atoms with Crippen LogP contribution in [0.4, 0.5) is 17.3 Å². The van der Waals surface area contributed by atoms with Gasteiger partial charge in [-0.3, -0.25) is 4.79 Å². The average molecular weight is 345 g/mol. The number of fused-ring (bicyclic) bond motifs is 3. The minimum Gasteiger partial charge on any atom is -0.365 e. The Hall–Kier alpha value is -2.41. The van der Waals surface area contributed by atoms with Gasteiger partial charge in [-0.25, -0.2) is 4.98 Å². The lowest BCUT2D eigenvalue weighted by molar-refractivity contribution is 0.112. The normalized spacial score (nSPS) is 21.7. The van der Waals surface area contributed by atoms with Crippen LogP contribution in [0.15, 0.2) is 24.4 Å². The van der Waals surface area contributed by atoms with Crippen LogP contribution in [0.25, 0.3) is 0 Å². The van der Waals surface area contributed by atoms with Crippen molar-refractivity contribution in [2.75, 3.05) is 35.3 Å². The lowest BCUT2D eigenvalue weighted by Gasteiger charge is -2.33. The summed E-state index contributed by atoms with van der Waals surface area (Å²) in [6, 6.07) is 6.25. The van der Waals surface area contributed by atoms with Crippen molar-refractivity contribution in [1.82, 2.24) is 15.2 Å². The third-order valence-corrected chi connectivity index (χ3v) is 4.95. The first-order valence-corrected chi connectivity index (χ1v) is 8.21. The standard InChI is InChI=1S/C16H17ClN6O/c1-22(15-3-2-10(9-24)6-18-15)12-4-11-7-19-16-13(23(11)8-12)5-14(17)20-21-16/h2-3,5-6,9,11-12H,4,7-8H2,1H3,(H,19,21)/t11-,12-/m1/s1. The van der Waals surface area contributed by atoms with Crippen LogP contribution in [-0.4, -0.2) is 53.7 Å². The molecule has 2 aliphatic rings. The fraction of sp³-hybridized carbons (Fsp3) is 0.375. The molecule has 2 aromatic rings. The molecule has 0 bridgehead atoms. The quantitative estimate of drug-likeness (QED) is 0.851.